The van der Waals surface area contributed by atoms with Crippen LogP contribution in [0.3, 0.4) is 0 Å². The Morgan fingerprint density at radius 3 is 3.00 bits per heavy atom. The number of nitrogens with two attached hydrogens (primary N) is 1. The second kappa shape index (κ2) is 5.88. The molecule has 0 fully saturated rings. The molecule has 4 nitrogen and oxygen atoms in total. The lowest BCUT2D eigenvalue weighted by atomic mass is 10.1. The highest BCUT2D eigenvalue weighted by Gasteiger charge is 2.14. The normalized spacial score (nSPS) is 12.1. The zero-order valence-corrected chi connectivity index (χ0v) is 11.6. The summed E-state index contributed by atoms with van der Waals surface area (Å²) in [6, 6.07) is 6.12. The Morgan fingerprint density at radius 1 is 1.56 bits per heavy atom. The van der Waals surface area contributed by atoms with Crippen molar-refractivity contribution in [2.24, 2.45) is 5.73 Å². The van der Waals surface area contributed by atoms with E-state index < -0.39 is 0 Å². The first-order valence-electron chi connectivity index (χ1n) is 5.63. The smallest absolute Gasteiger partial charge is 0.159 e. The average molecular weight is 278 g/mol. The number of nitrogens with one attached hydrogen (secondary N) is 1. The molecule has 0 spiro atoms. The number of aromatic nitrogens is 2. The second-order valence-electron chi connectivity index (χ2n) is 3.78. The minimum absolute atomic E-state index is 0.204. The van der Waals surface area contributed by atoms with E-state index in [0.29, 0.717) is 10.8 Å². The molecule has 2 heterocycles. The first kappa shape index (κ1) is 12.9. The van der Waals surface area contributed by atoms with Crippen molar-refractivity contribution in [3.8, 4) is 0 Å². The number of hydrogen-bond acceptors (Lipinski definition) is 5. The molecular weight excluding hydrogens is 264 g/mol. The van der Waals surface area contributed by atoms with Crippen molar-refractivity contribution in [3.05, 3.63) is 40.2 Å². The maximum atomic E-state index is 5.68. The van der Waals surface area contributed by atoms with E-state index in [2.05, 4.69) is 33.9 Å². The van der Waals surface area contributed by atoms with Gasteiger partial charge in [-0.1, -0.05) is 25.2 Å². The topological polar surface area (TPSA) is 63.8 Å². The Morgan fingerprint density at radius 2 is 2.39 bits per heavy atom. The van der Waals surface area contributed by atoms with Gasteiger partial charge in [-0.2, -0.15) is 5.10 Å². The van der Waals surface area contributed by atoms with Crippen molar-refractivity contribution in [1.29, 1.82) is 0 Å². The molecule has 0 saturated heterocycles. The van der Waals surface area contributed by atoms with E-state index in [0.717, 1.165) is 12.0 Å². The molecule has 2 rings (SSSR count). The molecule has 2 aromatic heterocycles. The molecule has 2 aromatic rings. The maximum absolute atomic E-state index is 5.68. The lowest BCUT2D eigenvalue weighted by Gasteiger charge is -2.17. The number of nitrogens with zero attached hydrogens (tertiary/aromatic N) is 2. The fraction of sp³-hybridized carbons (Fsp3) is 0.250. The van der Waals surface area contributed by atoms with Crippen LogP contribution in [0.25, 0.3) is 0 Å². The van der Waals surface area contributed by atoms with Crippen LogP contribution in [-0.4, -0.2) is 15.2 Å². The summed E-state index contributed by atoms with van der Waals surface area (Å²) in [5, 5.41) is 13.4. The Kier molecular flexibility index (Phi) is 4.22. The minimum atomic E-state index is 0.204. The molecule has 0 amide bonds. The van der Waals surface area contributed by atoms with Crippen molar-refractivity contribution in [3.63, 3.8) is 0 Å². The van der Waals surface area contributed by atoms with E-state index in [9.17, 15) is 0 Å². The third-order valence-electron chi connectivity index (χ3n) is 2.59. The average Bonchev–Trinajstić information content (AvgIpc) is 2.90. The van der Waals surface area contributed by atoms with E-state index in [-0.39, 0.29) is 6.04 Å². The number of thiophene rings is 1. The highest BCUT2D eigenvalue weighted by atomic mass is 32.1. The third kappa shape index (κ3) is 2.83. The number of rotatable bonds is 5. The first-order valence-corrected chi connectivity index (χ1v) is 6.92. The number of thiocarbonyl (C=S) groups is 1. The van der Waals surface area contributed by atoms with Gasteiger partial charge < -0.3 is 11.1 Å². The summed E-state index contributed by atoms with van der Waals surface area (Å²) in [5.74, 6) is 0.644. The van der Waals surface area contributed by atoms with E-state index in [1.54, 1.807) is 23.6 Å². The molecule has 0 bridgehead atoms. The third-order valence-corrected chi connectivity index (χ3v) is 3.80. The van der Waals surface area contributed by atoms with Crippen molar-refractivity contribution < 1.29 is 0 Å². The predicted octanol–water partition coefficient (Wildman–Crippen LogP) is 2.74. The largest absolute Gasteiger partial charge is 0.389 e. The molecule has 0 radical (unpaired) electrons. The molecule has 0 aromatic carbocycles. The Balaban J connectivity index is 2.25. The summed E-state index contributed by atoms with van der Waals surface area (Å²) in [4.78, 5) is 1.59. The highest BCUT2D eigenvalue weighted by molar-refractivity contribution is 7.80. The molecule has 0 aliphatic carbocycles. The molecular formula is C12H14N4S2. The lowest BCUT2D eigenvalue weighted by molar-refractivity contribution is 0.754. The monoisotopic (exact) mass is 278 g/mol. The van der Waals surface area contributed by atoms with Crippen molar-refractivity contribution in [2.75, 3.05) is 5.32 Å². The van der Waals surface area contributed by atoms with Gasteiger partial charge in [0.1, 0.15) is 4.99 Å². The van der Waals surface area contributed by atoms with E-state index in [1.165, 1.54) is 4.88 Å². The van der Waals surface area contributed by atoms with E-state index in [4.69, 9.17) is 18.0 Å². The lowest BCUT2D eigenvalue weighted by Crippen LogP contribution is -2.17. The fourth-order valence-corrected chi connectivity index (χ4v) is 2.69. The second-order valence-corrected chi connectivity index (χ2v) is 5.20. The van der Waals surface area contributed by atoms with E-state index in [1.807, 2.05) is 6.07 Å². The van der Waals surface area contributed by atoms with Crippen LogP contribution in [0.15, 0.2) is 29.8 Å². The van der Waals surface area contributed by atoms with Gasteiger partial charge in [0.25, 0.3) is 0 Å². The Hall–Kier alpha value is -1.53. The molecule has 3 N–H and O–H groups in total. The molecule has 1 unspecified atom stereocenters. The van der Waals surface area contributed by atoms with Crippen molar-refractivity contribution in [1.82, 2.24) is 10.2 Å². The van der Waals surface area contributed by atoms with Gasteiger partial charge in [0.2, 0.25) is 0 Å². The fourth-order valence-electron chi connectivity index (χ4n) is 1.67. The van der Waals surface area contributed by atoms with Crippen LogP contribution in [0, 0.1) is 0 Å². The standard InChI is InChI=1S/C12H14N4S2/c1-2-9(10-4-3-7-18-10)15-12-8(11(13)17)5-6-14-16-12/h3-7,9H,2H2,1H3,(H2,13,17)(H,15,16). The van der Waals surface area contributed by atoms with Crippen LogP contribution in [0.5, 0.6) is 0 Å². The van der Waals surface area contributed by atoms with Crippen LogP contribution >= 0.6 is 23.6 Å². The zero-order chi connectivity index (χ0) is 13.0. The molecule has 94 valence electrons. The van der Waals surface area contributed by atoms with Gasteiger partial charge in [0, 0.05) is 4.88 Å². The van der Waals surface area contributed by atoms with Gasteiger partial charge >= 0.3 is 0 Å². The number of hydrogen-bond donors (Lipinski definition) is 2. The van der Waals surface area contributed by atoms with Crippen LogP contribution in [0.2, 0.25) is 0 Å². The Bertz CT molecular complexity index is 525. The minimum Gasteiger partial charge on any atom is -0.389 e. The SMILES string of the molecule is CCC(Nc1nnccc1C(N)=S)c1cccs1. The van der Waals surface area contributed by atoms with Crippen molar-refractivity contribution >= 4 is 34.4 Å². The predicted molar refractivity (Wildman–Crippen MR) is 78.9 cm³/mol. The van der Waals surface area contributed by atoms with Gasteiger partial charge in [-0.15, -0.1) is 16.4 Å². The summed E-state index contributed by atoms with van der Waals surface area (Å²) >= 11 is 6.73. The van der Waals surface area contributed by atoms with Gasteiger partial charge in [0.05, 0.1) is 17.8 Å². The maximum Gasteiger partial charge on any atom is 0.159 e. The Labute approximate surface area is 115 Å². The molecule has 0 aliphatic heterocycles. The number of anilines is 1. The van der Waals surface area contributed by atoms with E-state index >= 15 is 0 Å². The van der Waals surface area contributed by atoms with Crippen LogP contribution in [-0.2, 0) is 0 Å². The molecule has 0 saturated carbocycles. The highest BCUT2D eigenvalue weighted by Crippen LogP contribution is 2.26. The van der Waals surface area contributed by atoms with Gasteiger partial charge in [-0.3, -0.25) is 0 Å². The molecule has 18 heavy (non-hydrogen) atoms. The quantitative estimate of drug-likeness (QED) is 0.823. The summed E-state index contributed by atoms with van der Waals surface area (Å²) in [6.45, 7) is 2.12. The van der Waals surface area contributed by atoms with Gasteiger partial charge in [-0.05, 0) is 23.9 Å². The van der Waals surface area contributed by atoms with Crippen molar-refractivity contribution in [2.45, 2.75) is 19.4 Å². The van der Waals surface area contributed by atoms with Crippen LogP contribution in [0.1, 0.15) is 29.8 Å². The van der Waals surface area contributed by atoms with Gasteiger partial charge in [-0.25, -0.2) is 0 Å². The summed E-state index contributed by atoms with van der Waals surface area (Å²) in [7, 11) is 0. The molecule has 6 heteroatoms. The summed E-state index contributed by atoms with van der Waals surface area (Å²) in [6.07, 6.45) is 2.54. The van der Waals surface area contributed by atoms with Crippen LogP contribution < -0.4 is 11.1 Å². The molecule has 0 aliphatic rings. The first-order chi connectivity index (χ1) is 8.72. The summed E-state index contributed by atoms with van der Waals surface area (Å²) in [5.41, 5.74) is 6.41. The van der Waals surface area contributed by atoms with Crippen LogP contribution in [0.4, 0.5) is 5.82 Å². The zero-order valence-electron chi connectivity index (χ0n) is 9.96. The van der Waals surface area contributed by atoms with Gasteiger partial charge in [0.15, 0.2) is 5.82 Å². The summed E-state index contributed by atoms with van der Waals surface area (Å²) < 4.78 is 0. The molecule has 1 atom stereocenters.